The highest BCUT2D eigenvalue weighted by atomic mass is 19.1. The summed E-state index contributed by atoms with van der Waals surface area (Å²) < 4.78 is 26.3. The van der Waals surface area contributed by atoms with Crippen LogP contribution in [0.25, 0.3) is 0 Å². The van der Waals surface area contributed by atoms with Crippen LogP contribution >= 0.6 is 0 Å². The largest absolute Gasteiger partial charge is 0.497 e. The number of carbonyl (C=O) groups is 1. The second-order valence-corrected chi connectivity index (χ2v) is 7.62. The lowest BCUT2D eigenvalue weighted by Crippen LogP contribution is -2.41. The van der Waals surface area contributed by atoms with Crippen LogP contribution in [0, 0.1) is 5.82 Å². The normalized spacial score (nSPS) is 25.3. The molecule has 0 saturated carbocycles. The zero-order chi connectivity index (χ0) is 17.7. The Balaban J connectivity index is 1.80. The smallest absolute Gasteiger partial charge is 0.399 e. The zero-order valence-corrected chi connectivity index (χ0v) is 14.6. The van der Waals surface area contributed by atoms with Crippen molar-refractivity contribution in [1.82, 2.24) is 4.90 Å². The number of nitrogens with zero attached hydrogens (tertiary/aromatic N) is 1. The molecule has 3 rings (SSSR count). The predicted molar refractivity (Wildman–Crippen MR) is 90.6 cm³/mol. The lowest BCUT2D eigenvalue weighted by atomic mass is 9.78. The van der Waals surface area contributed by atoms with Crippen LogP contribution < -0.4 is 11.2 Å². The lowest BCUT2D eigenvalue weighted by molar-refractivity contribution is 0.00578. The van der Waals surface area contributed by atoms with Crippen LogP contribution in [0.4, 0.5) is 4.39 Å². The van der Waals surface area contributed by atoms with Crippen LogP contribution in [0.3, 0.4) is 0 Å². The molecule has 2 saturated heterocycles. The maximum Gasteiger partial charge on any atom is 0.497 e. The fourth-order valence-corrected chi connectivity index (χ4v) is 2.98. The summed E-state index contributed by atoms with van der Waals surface area (Å²) in [5.41, 5.74) is 5.38. The van der Waals surface area contributed by atoms with Gasteiger partial charge in [0.15, 0.2) is 0 Å². The van der Waals surface area contributed by atoms with Crippen LogP contribution in [0.5, 0.6) is 0 Å². The van der Waals surface area contributed by atoms with E-state index < -0.39 is 24.1 Å². The van der Waals surface area contributed by atoms with E-state index in [4.69, 9.17) is 15.0 Å². The molecule has 0 aliphatic carbocycles. The minimum atomic E-state index is -0.778. The number of rotatable bonds is 2. The number of hydrogen-bond acceptors (Lipinski definition) is 4. The van der Waals surface area contributed by atoms with E-state index in [1.165, 1.54) is 6.07 Å². The van der Waals surface area contributed by atoms with Crippen molar-refractivity contribution in [1.29, 1.82) is 0 Å². The summed E-state index contributed by atoms with van der Waals surface area (Å²) in [6.45, 7) is 8.79. The van der Waals surface area contributed by atoms with Crippen molar-refractivity contribution in [3.8, 4) is 0 Å². The summed E-state index contributed by atoms with van der Waals surface area (Å²) in [6, 6.07) is 4.45. The van der Waals surface area contributed by atoms with Crippen LogP contribution in [0.2, 0.25) is 0 Å². The van der Waals surface area contributed by atoms with E-state index in [0.29, 0.717) is 24.1 Å². The van der Waals surface area contributed by atoms with Gasteiger partial charge in [-0.05, 0) is 46.2 Å². The molecular formula is C17H24BFN2O3. The molecule has 2 aliphatic rings. The Kier molecular flexibility index (Phi) is 4.22. The van der Waals surface area contributed by atoms with Crippen molar-refractivity contribution in [2.45, 2.75) is 51.4 Å². The Morgan fingerprint density at radius 1 is 1.29 bits per heavy atom. The second-order valence-electron chi connectivity index (χ2n) is 7.62. The quantitative estimate of drug-likeness (QED) is 0.828. The predicted octanol–water partition coefficient (Wildman–Crippen LogP) is 1.30. The van der Waals surface area contributed by atoms with Crippen molar-refractivity contribution in [3.05, 3.63) is 29.6 Å². The highest BCUT2D eigenvalue weighted by molar-refractivity contribution is 6.62. The Morgan fingerprint density at radius 2 is 1.92 bits per heavy atom. The molecule has 0 bridgehead atoms. The summed E-state index contributed by atoms with van der Waals surface area (Å²) in [5, 5.41) is 0. The van der Waals surface area contributed by atoms with Gasteiger partial charge in [-0.2, -0.15) is 0 Å². The van der Waals surface area contributed by atoms with E-state index in [2.05, 4.69) is 0 Å². The van der Waals surface area contributed by atoms with E-state index in [-0.39, 0.29) is 11.9 Å². The molecule has 7 heteroatoms. The molecule has 2 N–H and O–H groups in total. The maximum absolute atomic E-state index is 14.6. The molecule has 0 radical (unpaired) electrons. The summed E-state index contributed by atoms with van der Waals surface area (Å²) >= 11 is 0. The molecule has 5 nitrogen and oxygen atoms in total. The lowest BCUT2D eigenvalue weighted by Gasteiger charge is -2.32. The third-order valence-corrected chi connectivity index (χ3v) is 5.27. The van der Waals surface area contributed by atoms with Crippen molar-refractivity contribution < 1.29 is 18.5 Å². The average molecular weight is 334 g/mol. The monoisotopic (exact) mass is 334 g/mol. The van der Waals surface area contributed by atoms with E-state index in [0.717, 1.165) is 6.42 Å². The van der Waals surface area contributed by atoms with Crippen molar-refractivity contribution in [2.24, 2.45) is 5.73 Å². The molecule has 1 amide bonds. The molecule has 2 heterocycles. The number of halogens is 1. The second kappa shape index (κ2) is 5.83. The first-order chi connectivity index (χ1) is 11.1. The minimum Gasteiger partial charge on any atom is -0.399 e. The van der Waals surface area contributed by atoms with E-state index in [1.807, 2.05) is 27.7 Å². The first kappa shape index (κ1) is 17.4. The van der Waals surface area contributed by atoms with Crippen LogP contribution in [0.1, 0.15) is 44.5 Å². The average Bonchev–Trinajstić information content (AvgIpc) is 2.99. The third kappa shape index (κ3) is 2.96. The number of nitrogens with two attached hydrogens (primary N) is 1. The van der Waals surface area contributed by atoms with Crippen molar-refractivity contribution in [2.75, 3.05) is 13.1 Å². The van der Waals surface area contributed by atoms with E-state index in [1.54, 1.807) is 17.0 Å². The van der Waals surface area contributed by atoms with Crippen LogP contribution in [-0.4, -0.2) is 48.3 Å². The van der Waals surface area contributed by atoms with Gasteiger partial charge in [-0.1, -0.05) is 6.07 Å². The van der Waals surface area contributed by atoms with E-state index >= 15 is 0 Å². The number of amides is 1. The molecule has 0 spiro atoms. The minimum absolute atomic E-state index is 0.00261. The molecule has 2 fully saturated rings. The van der Waals surface area contributed by atoms with Crippen LogP contribution in [-0.2, 0) is 9.31 Å². The van der Waals surface area contributed by atoms with Crippen molar-refractivity contribution in [3.63, 3.8) is 0 Å². The molecule has 24 heavy (non-hydrogen) atoms. The Labute approximate surface area is 142 Å². The molecule has 2 aliphatic heterocycles. The molecule has 1 atom stereocenters. The molecule has 130 valence electrons. The molecule has 0 aromatic heterocycles. The summed E-state index contributed by atoms with van der Waals surface area (Å²) in [5.74, 6) is -0.690. The molecule has 1 aromatic rings. The highest BCUT2D eigenvalue weighted by Crippen LogP contribution is 2.36. The topological polar surface area (TPSA) is 64.8 Å². The Morgan fingerprint density at radius 3 is 2.42 bits per heavy atom. The van der Waals surface area contributed by atoms with Gasteiger partial charge in [-0.25, -0.2) is 4.39 Å². The standard InChI is InChI=1S/C17H24BFN2O3/c1-16(2)17(3,4)24-18(23-16)13-6-5-11(9-14(13)19)15(22)21-8-7-12(20)10-21/h5-6,9,12H,7-8,10,20H2,1-4H3. The number of carbonyl (C=O) groups excluding carboxylic acids is 1. The SMILES string of the molecule is CC1(C)OB(c2ccc(C(=O)N3CCC(N)C3)cc2F)OC1(C)C. The Bertz CT molecular complexity index is 649. The van der Waals surface area contributed by atoms with E-state index in [9.17, 15) is 9.18 Å². The van der Waals surface area contributed by atoms with Gasteiger partial charge >= 0.3 is 7.12 Å². The first-order valence-corrected chi connectivity index (χ1v) is 8.31. The van der Waals surface area contributed by atoms with Gasteiger partial charge in [0.25, 0.3) is 5.91 Å². The van der Waals surface area contributed by atoms with Gasteiger partial charge in [-0.3, -0.25) is 4.79 Å². The van der Waals surface area contributed by atoms with Gasteiger partial charge in [0.05, 0.1) is 11.2 Å². The van der Waals surface area contributed by atoms with Gasteiger partial charge in [-0.15, -0.1) is 0 Å². The molecule has 1 unspecified atom stereocenters. The highest BCUT2D eigenvalue weighted by Gasteiger charge is 2.52. The zero-order valence-electron chi connectivity index (χ0n) is 14.6. The molecule has 1 aromatic carbocycles. The van der Waals surface area contributed by atoms with Gasteiger partial charge in [0.1, 0.15) is 5.82 Å². The third-order valence-electron chi connectivity index (χ3n) is 5.27. The first-order valence-electron chi connectivity index (χ1n) is 8.31. The number of likely N-dealkylation sites (tertiary alicyclic amines) is 1. The maximum atomic E-state index is 14.6. The Hall–Kier alpha value is -1.44. The van der Waals surface area contributed by atoms with Gasteiger partial charge in [0.2, 0.25) is 0 Å². The summed E-state index contributed by atoms with van der Waals surface area (Å²) in [4.78, 5) is 14.1. The fraction of sp³-hybridized carbons (Fsp3) is 0.588. The summed E-state index contributed by atoms with van der Waals surface area (Å²) in [7, 11) is -0.778. The fourth-order valence-electron chi connectivity index (χ4n) is 2.98. The number of hydrogen-bond donors (Lipinski definition) is 1. The number of benzene rings is 1. The van der Waals surface area contributed by atoms with Crippen molar-refractivity contribution >= 4 is 18.5 Å². The molecular weight excluding hydrogens is 310 g/mol. The van der Waals surface area contributed by atoms with Gasteiger partial charge < -0.3 is 19.9 Å². The van der Waals surface area contributed by atoms with Crippen LogP contribution in [0.15, 0.2) is 18.2 Å². The summed E-state index contributed by atoms with van der Waals surface area (Å²) in [6.07, 6.45) is 0.778. The van der Waals surface area contributed by atoms with Gasteiger partial charge in [0, 0.05) is 30.2 Å².